The Morgan fingerprint density at radius 1 is 1.23 bits per heavy atom. The van der Waals surface area contributed by atoms with Gasteiger partial charge < -0.3 is 10.1 Å². The van der Waals surface area contributed by atoms with Crippen LogP contribution in [0.1, 0.15) is 10.4 Å². The number of anilines is 1. The van der Waals surface area contributed by atoms with Crippen LogP contribution in [0.3, 0.4) is 0 Å². The summed E-state index contributed by atoms with van der Waals surface area (Å²) in [7, 11) is 1.31. The molecule has 0 aliphatic rings. The summed E-state index contributed by atoms with van der Waals surface area (Å²) in [6, 6.07) is 10.2. The highest BCUT2D eigenvalue weighted by Crippen LogP contribution is 2.19. The molecule has 132 valence electrons. The first kappa shape index (κ1) is 17.6. The summed E-state index contributed by atoms with van der Waals surface area (Å²) < 4.78 is 4.66. The predicted molar refractivity (Wildman–Crippen MR) is 96.7 cm³/mol. The van der Waals surface area contributed by atoms with E-state index in [4.69, 9.17) is 0 Å². The van der Waals surface area contributed by atoms with E-state index < -0.39 is 5.97 Å². The van der Waals surface area contributed by atoms with Gasteiger partial charge in [-0.05, 0) is 30.3 Å². The minimum atomic E-state index is -0.458. The lowest BCUT2D eigenvalue weighted by molar-refractivity contribution is -0.113. The Bertz CT molecular complexity index is 914. The average molecular weight is 369 g/mol. The minimum absolute atomic E-state index is 0.135. The molecule has 8 nitrogen and oxygen atoms in total. The molecule has 0 atom stereocenters. The molecule has 0 fully saturated rings. The second-order valence-electron chi connectivity index (χ2n) is 5.11. The maximum absolute atomic E-state index is 12.1. The van der Waals surface area contributed by atoms with Crippen molar-refractivity contribution in [1.82, 2.24) is 20.2 Å². The quantitative estimate of drug-likeness (QED) is 0.507. The molecule has 2 heterocycles. The van der Waals surface area contributed by atoms with Crippen LogP contribution < -0.4 is 5.32 Å². The fraction of sp³-hybridized carbons (Fsp3) is 0.118. The molecule has 0 aliphatic heterocycles. The first-order valence-corrected chi connectivity index (χ1v) is 8.58. The van der Waals surface area contributed by atoms with Crippen molar-refractivity contribution in [1.29, 1.82) is 0 Å². The van der Waals surface area contributed by atoms with Gasteiger partial charge in [-0.2, -0.15) is 0 Å². The number of carbonyl (C=O) groups excluding carboxylic acids is 2. The van der Waals surface area contributed by atoms with Gasteiger partial charge in [-0.25, -0.2) is 9.78 Å². The van der Waals surface area contributed by atoms with Crippen LogP contribution in [0.15, 0.2) is 53.9 Å². The van der Waals surface area contributed by atoms with Gasteiger partial charge in [0.05, 0.1) is 18.4 Å². The van der Waals surface area contributed by atoms with Crippen LogP contribution in [0.5, 0.6) is 0 Å². The molecule has 3 rings (SSSR count). The largest absolute Gasteiger partial charge is 0.465 e. The van der Waals surface area contributed by atoms with Crippen molar-refractivity contribution in [3.05, 3.63) is 54.4 Å². The van der Waals surface area contributed by atoms with E-state index in [-0.39, 0.29) is 11.7 Å². The Labute approximate surface area is 153 Å². The molecule has 0 spiro atoms. The summed E-state index contributed by atoms with van der Waals surface area (Å²) in [6.45, 7) is 0. The monoisotopic (exact) mass is 369 g/mol. The minimum Gasteiger partial charge on any atom is -0.465 e. The van der Waals surface area contributed by atoms with E-state index in [0.717, 1.165) is 5.56 Å². The molecule has 26 heavy (non-hydrogen) atoms. The van der Waals surface area contributed by atoms with E-state index in [1.54, 1.807) is 36.7 Å². The Hall–Kier alpha value is -3.20. The number of nitrogens with zero attached hydrogens (tertiary/aromatic N) is 3. The fourth-order valence-electron chi connectivity index (χ4n) is 2.12. The maximum atomic E-state index is 12.1. The number of rotatable bonds is 6. The SMILES string of the molecule is COC(=O)c1cccc(NC(=O)CSc2n[nH]c(-c3ccncc3)n2)c1. The summed E-state index contributed by atoms with van der Waals surface area (Å²) in [5, 5.41) is 10.1. The first-order chi connectivity index (χ1) is 12.7. The summed E-state index contributed by atoms with van der Waals surface area (Å²) >= 11 is 1.21. The van der Waals surface area contributed by atoms with E-state index in [1.807, 2.05) is 12.1 Å². The van der Waals surface area contributed by atoms with Crippen molar-refractivity contribution in [2.24, 2.45) is 0 Å². The number of methoxy groups -OCH3 is 1. The first-order valence-electron chi connectivity index (χ1n) is 7.59. The van der Waals surface area contributed by atoms with Crippen LogP contribution in [0.25, 0.3) is 11.4 Å². The van der Waals surface area contributed by atoms with Gasteiger partial charge in [-0.1, -0.05) is 17.8 Å². The highest BCUT2D eigenvalue weighted by molar-refractivity contribution is 7.99. The van der Waals surface area contributed by atoms with E-state index in [2.05, 4.69) is 30.2 Å². The molecule has 0 saturated carbocycles. The number of amides is 1. The number of benzene rings is 1. The smallest absolute Gasteiger partial charge is 0.337 e. The summed E-state index contributed by atoms with van der Waals surface area (Å²) in [5.74, 6) is 0.0593. The number of H-pyrrole nitrogens is 1. The Kier molecular flexibility index (Phi) is 5.59. The number of esters is 1. The number of aromatic nitrogens is 4. The van der Waals surface area contributed by atoms with Gasteiger partial charge >= 0.3 is 5.97 Å². The predicted octanol–water partition coefficient (Wildman–Crippen LogP) is 2.38. The standard InChI is InChI=1S/C17H15N5O3S/c1-25-16(24)12-3-2-4-13(9-12)19-14(23)10-26-17-20-15(21-22-17)11-5-7-18-8-6-11/h2-9H,10H2,1H3,(H,19,23)(H,20,21,22). The molecular weight excluding hydrogens is 354 g/mol. The number of hydrogen-bond donors (Lipinski definition) is 2. The van der Waals surface area contributed by atoms with Gasteiger partial charge in [0, 0.05) is 23.6 Å². The Balaban J connectivity index is 1.56. The molecule has 3 aromatic rings. The van der Waals surface area contributed by atoms with Crippen molar-refractivity contribution in [2.45, 2.75) is 5.16 Å². The molecule has 9 heteroatoms. The highest BCUT2D eigenvalue weighted by atomic mass is 32.2. The van der Waals surface area contributed by atoms with Crippen molar-refractivity contribution in [2.75, 3.05) is 18.2 Å². The van der Waals surface area contributed by atoms with Gasteiger partial charge in [-0.3, -0.25) is 14.9 Å². The molecule has 0 aliphatic carbocycles. The van der Waals surface area contributed by atoms with E-state index in [9.17, 15) is 9.59 Å². The van der Waals surface area contributed by atoms with Crippen molar-refractivity contribution >= 4 is 29.3 Å². The number of pyridine rings is 1. The summed E-state index contributed by atoms with van der Waals surface area (Å²) in [4.78, 5) is 31.9. The van der Waals surface area contributed by atoms with Gasteiger partial charge in [0.15, 0.2) is 5.82 Å². The van der Waals surface area contributed by atoms with Crippen molar-refractivity contribution in [3.8, 4) is 11.4 Å². The second-order valence-corrected chi connectivity index (χ2v) is 6.05. The van der Waals surface area contributed by atoms with Crippen LogP contribution in [0, 0.1) is 0 Å². The second kappa shape index (κ2) is 8.26. The van der Waals surface area contributed by atoms with E-state index in [1.165, 1.54) is 18.9 Å². The zero-order valence-electron chi connectivity index (χ0n) is 13.8. The molecule has 0 radical (unpaired) electrons. The summed E-state index contributed by atoms with van der Waals surface area (Å²) in [6.07, 6.45) is 3.33. The average Bonchev–Trinajstić information content (AvgIpc) is 3.16. The number of carbonyl (C=O) groups is 2. The molecular formula is C17H15N5O3S. The Morgan fingerprint density at radius 2 is 2.04 bits per heavy atom. The third-order valence-electron chi connectivity index (χ3n) is 3.32. The number of hydrogen-bond acceptors (Lipinski definition) is 7. The van der Waals surface area contributed by atoms with Crippen LogP contribution in [0.4, 0.5) is 5.69 Å². The fourth-order valence-corrected chi connectivity index (χ4v) is 2.72. The van der Waals surface area contributed by atoms with Crippen LogP contribution in [-0.2, 0) is 9.53 Å². The van der Waals surface area contributed by atoms with Crippen LogP contribution in [0.2, 0.25) is 0 Å². The van der Waals surface area contributed by atoms with Gasteiger partial charge in [-0.15, -0.1) is 5.10 Å². The molecule has 1 amide bonds. The lowest BCUT2D eigenvalue weighted by Crippen LogP contribution is -2.14. The third kappa shape index (κ3) is 4.45. The molecule has 2 N–H and O–H groups in total. The number of thioether (sulfide) groups is 1. The normalized spacial score (nSPS) is 10.3. The number of aromatic amines is 1. The van der Waals surface area contributed by atoms with Crippen molar-refractivity contribution < 1.29 is 14.3 Å². The van der Waals surface area contributed by atoms with Gasteiger partial charge in [0.2, 0.25) is 11.1 Å². The number of nitrogens with one attached hydrogen (secondary N) is 2. The number of ether oxygens (including phenoxy) is 1. The zero-order chi connectivity index (χ0) is 18.4. The highest BCUT2D eigenvalue weighted by Gasteiger charge is 2.11. The molecule has 0 unspecified atom stereocenters. The third-order valence-corrected chi connectivity index (χ3v) is 4.17. The molecule has 0 saturated heterocycles. The lowest BCUT2D eigenvalue weighted by atomic mass is 10.2. The van der Waals surface area contributed by atoms with Gasteiger partial charge in [0.1, 0.15) is 0 Å². The lowest BCUT2D eigenvalue weighted by Gasteiger charge is -2.06. The van der Waals surface area contributed by atoms with Crippen LogP contribution >= 0.6 is 11.8 Å². The molecule has 0 bridgehead atoms. The van der Waals surface area contributed by atoms with E-state index >= 15 is 0 Å². The van der Waals surface area contributed by atoms with E-state index in [0.29, 0.717) is 22.2 Å². The molecule has 2 aromatic heterocycles. The van der Waals surface area contributed by atoms with Crippen molar-refractivity contribution in [3.63, 3.8) is 0 Å². The van der Waals surface area contributed by atoms with Gasteiger partial charge in [0.25, 0.3) is 0 Å². The summed E-state index contributed by atoms with van der Waals surface area (Å²) in [5.41, 5.74) is 1.75. The van der Waals surface area contributed by atoms with Crippen LogP contribution in [-0.4, -0.2) is 44.9 Å². The molecule has 1 aromatic carbocycles. The zero-order valence-corrected chi connectivity index (χ0v) is 14.6. The topological polar surface area (TPSA) is 110 Å². The Morgan fingerprint density at radius 3 is 2.81 bits per heavy atom. The maximum Gasteiger partial charge on any atom is 0.337 e.